The second-order valence-corrected chi connectivity index (χ2v) is 5.61. The highest BCUT2D eigenvalue weighted by Crippen LogP contribution is 2.22. The Morgan fingerprint density at radius 2 is 1.85 bits per heavy atom. The van der Waals surface area contributed by atoms with Gasteiger partial charge < -0.3 is 10.0 Å². The number of benzene rings is 1. The molecule has 0 spiro atoms. The van der Waals surface area contributed by atoms with E-state index in [-0.39, 0.29) is 18.2 Å². The van der Waals surface area contributed by atoms with Crippen molar-refractivity contribution >= 4 is 17.6 Å². The molecular weight excluding hydrogens is 254 g/mol. The fourth-order valence-corrected chi connectivity index (χ4v) is 2.26. The highest BCUT2D eigenvalue weighted by Gasteiger charge is 2.24. The largest absolute Gasteiger partial charge is 0.481 e. The molecule has 1 aromatic rings. The van der Waals surface area contributed by atoms with Crippen molar-refractivity contribution in [3.05, 3.63) is 29.8 Å². The van der Waals surface area contributed by atoms with Crippen LogP contribution in [0.2, 0.25) is 0 Å². The Morgan fingerprint density at radius 1 is 1.25 bits per heavy atom. The standard InChI is InChI=1S/C16H23NO3/c1-11(2)9-13(16(19)20)10-15(18)17(4)14-8-6-5-7-12(14)3/h5-8,11,13H,9-10H2,1-4H3,(H,19,20)/t13-/m1/s1. The molecule has 1 atom stereocenters. The first-order valence-corrected chi connectivity index (χ1v) is 6.88. The van der Waals surface area contributed by atoms with Crippen LogP contribution in [0, 0.1) is 18.8 Å². The zero-order chi connectivity index (χ0) is 15.3. The monoisotopic (exact) mass is 277 g/mol. The van der Waals surface area contributed by atoms with Crippen LogP contribution in [0.3, 0.4) is 0 Å². The Morgan fingerprint density at radius 3 is 2.35 bits per heavy atom. The van der Waals surface area contributed by atoms with Gasteiger partial charge in [0.1, 0.15) is 0 Å². The summed E-state index contributed by atoms with van der Waals surface area (Å²) in [5.41, 5.74) is 1.82. The highest BCUT2D eigenvalue weighted by atomic mass is 16.4. The third kappa shape index (κ3) is 4.37. The molecule has 0 fully saturated rings. The lowest BCUT2D eigenvalue weighted by Gasteiger charge is -2.22. The first-order valence-electron chi connectivity index (χ1n) is 6.88. The number of hydrogen-bond acceptors (Lipinski definition) is 2. The summed E-state index contributed by atoms with van der Waals surface area (Å²) in [5.74, 6) is -1.42. The van der Waals surface area contributed by atoms with Crippen molar-refractivity contribution in [2.75, 3.05) is 11.9 Å². The molecule has 20 heavy (non-hydrogen) atoms. The maximum atomic E-state index is 12.3. The van der Waals surface area contributed by atoms with Crippen LogP contribution in [0.5, 0.6) is 0 Å². The maximum Gasteiger partial charge on any atom is 0.307 e. The number of carbonyl (C=O) groups excluding carboxylic acids is 1. The van der Waals surface area contributed by atoms with Gasteiger partial charge in [0.2, 0.25) is 5.91 Å². The van der Waals surface area contributed by atoms with E-state index >= 15 is 0 Å². The molecule has 1 N–H and O–H groups in total. The molecule has 0 radical (unpaired) electrons. The minimum absolute atomic E-state index is 0.0400. The molecule has 1 amide bonds. The van der Waals surface area contributed by atoms with Gasteiger partial charge >= 0.3 is 5.97 Å². The summed E-state index contributed by atoms with van der Waals surface area (Å²) < 4.78 is 0. The Bertz CT molecular complexity index is 482. The third-order valence-electron chi connectivity index (χ3n) is 3.38. The summed E-state index contributed by atoms with van der Waals surface area (Å²) in [4.78, 5) is 25.0. The van der Waals surface area contributed by atoms with E-state index in [1.165, 1.54) is 0 Å². The zero-order valence-corrected chi connectivity index (χ0v) is 12.6. The molecule has 0 aliphatic rings. The predicted octanol–water partition coefficient (Wildman–Crippen LogP) is 3.09. The normalized spacial score (nSPS) is 12.2. The minimum atomic E-state index is -0.898. The first kappa shape index (κ1) is 16.2. The third-order valence-corrected chi connectivity index (χ3v) is 3.38. The van der Waals surface area contributed by atoms with Crippen LogP contribution in [0.1, 0.15) is 32.3 Å². The van der Waals surface area contributed by atoms with Gasteiger partial charge in [-0.15, -0.1) is 0 Å². The van der Waals surface area contributed by atoms with Crippen molar-refractivity contribution in [1.82, 2.24) is 0 Å². The Balaban J connectivity index is 2.79. The molecular formula is C16H23NO3. The van der Waals surface area contributed by atoms with E-state index in [1.807, 2.05) is 45.0 Å². The lowest BCUT2D eigenvalue weighted by molar-refractivity contribution is -0.144. The highest BCUT2D eigenvalue weighted by molar-refractivity contribution is 5.95. The summed E-state index contributed by atoms with van der Waals surface area (Å²) >= 11 is 0. The van der Waals surface area contributed by atoms with Crippen molar-refractivity contribution in [2.24, 2.45) is 11.8 Å². The second kappa shape index (κ2) is 7.08. The van der Waals surface area contributed by atoms with Crippen molar-refractivity contribution in [3.8, 4) is 0 Å². The molecule has 110 valence electrons. The quantitative estimate of drug-likeness (QED) is 0.869. The lowest BCUT2D eigenvalue weighted by Crippen LogP contribution is -2.31. The number of rotatable bonds is 6. The topological polar surface area (TPSA) is 57.6 Å². The molecule has 0 aliphatic heterocycles. The second-order valence-electron chi connectivity index (χ2n) is 5.61. The van der Waals surface area contributed by atoms with E-state index in [1.54, 1.807) is 11.9 Å². The van der Waals surface area contributed by atoms with E-state index in [4.69, 9.17) is 0 Å². The Kier molecular flexibility index (Phi) is 5.74. The fraction of sp³-hybridized carbons (Fsp3) is 0.500. The van der Waals surface area contributed by atoms with Gasteiger partial charge in [0.15, 0.2) is 0 Å². The van der Waals surface area contributed by atoms with E-state index in [2.05, 4.69) is 0 Å². The van der Waals surface area contributed by atoms with Gasteiger partial charge in [-0.3, -0.25) is 9.59 Å². The van der Waals surface area contributed by atoms with E-state index in [0.29, 0.717) is 6.42 Å². The SMILES string of the molecule is Cc1ccccc1N(C)C(=O)C[C@@H](CC(C)C)C(=O)O. The fourth-order valence-electron chi connectivity index (χ4n) is 2.26. The summed E-state index contributed by atoms with van der Waals surface area (Å²) in [6, 6.07) is 7.58. The number of anilines is 1. The summed E-state index contributed by atoms with van der Waals surface area (Å²) in [6.45, 7) is 5.86. The number of para-hydroxylation sites is 1. The molecule has 0 saturated heterocycles. The van der Waals surface area contributed by atoms with Crippen LogP contribution in [0.15, 0.2) is 24.3 Å². The molecule has 0 aliphatic carbocycles. The van der Waals surface area contributed by atoms with Crippen LogP contribution >= 0.6 is 0 Å². The molecule has 4 heteroatoms. The number of carboxylic acid groups (broad SMARTS) is 1. The van der Waals surface area contributed by atoms with Gasteiger partial charge in [0.25, 0.3) is 0 Å². The van der Waals surface area contributed by atoms with Crippen LogP contribution in [-0.2, 0) is 9.59 Å². The Hall–Kier alpha value is -1.84. The van der Waals surface area contributed by atoms with E-state index in [0.717, 1.165) is 11.3 Å². The van der Waals surface area contributed by atoms with Crippen LogP contribution in [0.25, 0.3) is 0 Å². The van der Waals surface area contributed by atoms with Crippen molar-refractivity contribution in [2.45, 2.75) is 33.6 Å². The van der Waals surface area contributed by atoms with Crippen molar-refractivity contribution in [3.63, 3.8) is 0 Å². The van der Waals surface area contributed by atoms with E-state index in [9.17, 15) is 14.7 Å². The van der Waals surface area contributed by atoms with Crippen LogP contribution < -0.4 is 4.90 Å². The molecule has 0 heterocycles. The number of aliphatic carboxylic acids is 1. The average molecular weight is 277 g/mol. The van der Waals surface area contributed by atoms with Gasteiger partial charge in [-0.05, 0) is 30.9 Å². The number of amides is 1. The molecule has 0 unspecified atom stereocenters. The van der Waals surface area contributed by atoms with Crippen LogP contribution in [0.4, 0.5) is 5.69 Å². The first-order chi connectivity index (χ1) is 9.32. The van der Waals surface area contributed by atoms with Gasteiger partial charge in [0, 0.05) is 19.2 Å². The van der Waals surface area contributed by atoms with Gasteiger partial charge in [-0.1, -0.05) is 32.0 Å². The summed E-state index contributed by atoms with van der Waals surface area (Å²) in [7, 11) is 1.69. The van der Waals surface area contributed by atoms with Gasteiger partial charge in [-0.25, -0.2) is 0 Å². The summed E-state index contributed by atoms with van der Waals surface area (Å²) in [6.07, 6.45) is 0.557. The molecule has 0 saturated carbocycles. The maximum absolute atomic E-state index is 12.3. The zero-order valence-electron chi connectivity index (χ0n) is 12.6. The number of nitrogens with zero attached hydrogens (tertiary/aromatic N) is 1. The van der Waals surface area contributed by atoms with Gasteiger partial charge in [0.05, 0.1) is 5.92 Å². The van der Waals surface area contributed by atoms with Gasteiger partial charge in [-0.2, -0.15) is 0 Å². The molecule has 0 bridgehead atoms. The lowest BCUT2D eigenvalue weighted by atomic mass is 9.93. The molecule has 0 aromatic heterocycles. The van der Waals surface area contributed by atoms with Crippen molar-refractivity contribution < 1.29 is 14.7 Å². The number of carbonyl (C=O) groups is 2. The summed E-state index contributed by atoms with van der Waals surface area (Å²) in [5, 5.41) is 9.21. The van der Waals surface area contributed by atoms with Crippen molar-refractivity contribution in [1.29, 1.82) is 0 Å². The average Bonchev–Trinajstić information content (AvgIpc) is 2.37. The smallest absolute Gasteiger partial charge is 0.307 e. The Labute approximate surface area is 120 Å². The molecule has 1 aromatic carbocycles. The molecule has 4 nitrogen and oxygen atoms in total. The van der Waals surface area contributed by atoms with E-state index < -0.39 is 11.9 Å². The molecule has 1 rings (SSSR count). The predicted molar refractivity (Wildman–Crippen MR) is 79.8 cm³/mol. The minimum Gasteiger partial charge on any atom is -0.481 e. The number of carboxylic acids is 1. The number of aryl methyl sites for hydroxylation is 1. The van der Waals surface area contributed by atoms with Crippen LogP contribution in [-0.4, -0.2) is 24.0 Å². The number of hydrogen-bond donors (Lipinski definition) is 1.